The molecular formula is C8H7ClO3. The average Bonchev–Trinajstić information content (AvgIpc) is 2.05. The smallest absolute Gasteiger partial charge is 0.256 e. The quantitative estimate of drug-likeness (QED) is 0.412. The molecule has 12 heavy (non-hydrogen) atoms. The Morgan fingerprint density at radius 2 is 2.08 bits per heavy atom. The molecule has 0 bridgehead atoms. The minimum absolute atomic E-state index is 0.293. The summed E-state index contributed by atoms with van der Waals surface area (Å²) in [4.78, 5) is 19.9. The van der Waals surface area contributed by atoms with Crippen molar-refractivity contribution in [2.75, 3.05) is 7.11 Å². The molecule has 0 fully saturated rings. The van der Waals surface area contributed by atoms with Crippen LogP contribution in [0.25, 0.3) is 0 Å². The lowest BCUT2D eigenvalue weighted by molar-refractivity contribution is -0.178. The first-order valence-corrected chi connectivity index (χ1v) is 3.63. The predicted octanol–water partition coefficient (Wildman–Crippen LogP) is 2.01. The van der Waals surface area contributed by atoms with Gasteiger partial charge in [-0.05, 0) is 23.7 Å². The van der Waals surface area contributed by atoms with Crippen LogP contribution in [-0.4, -0.2) is 12.4 Å². The van der Waals surface area contributed by atoms with Crippen molar-refractivity contribution in [1.29, 1.82) is 0 Å². The summed E-state index contributed by atoms with van der Waals surface area (Å²) in [5.74, 6) is 0.319. The van der Waals surface area contributed by atoms with Crippen molar-refractivity contribution in [3.05, 3.63) is 29.8 Å². The first kappa shape index (κ1) is 9.03. The van der Waals surface area contributed by atoms with E-state index in [4.69, 9.17) is 16.5 Å². The Morgan fingerprint density at radius 3 is 2.67 bits per heavy atom. The van der Waals surface area contributed by atoms with Crippen LogP contribution in [0.4, 0.5) is 0 Å². The normalized spacial score (nSPS) is 9.50. The number of carbonyl (C=O) groups is 1. The van der Waals surface area contributed by atoms with Gasteiger partial charge in [0.2, 0.25) is 0 Å². The van der Waals surface area contributed by atoms with Crippen LogP contribution >= 0.6 is 11.6 Å². The summed E-state index contributed by atoms with van der Waals surface area (Å²) in [6.07, 6.45) is 0. The zero-order chi connectivity index (χ0) is 8.97. The third kappa shape index (κ3) is 1.96. The molecule has 0 N–H and O–H groups in total. The van der Waals surface area contributed by atoms with E-state index < -0.39 is 5.24 Å². The highest BCUT2D eigenvalue weighted by molar-refractivity contribution is 6.68. The second-order valence-corrected chi connectivity index (χ2v) is 2.36. The maximum Gasteiger partial charge on any atom is 0.256 e. The zero-order valence-corrected chi connectivity index (χ0v) is 7.17. The van der Waals surface area contributed by atoms with Crippen molar-refractivity contribution < 1.29 is 14.6 Å². The summed E-state index contributed by atoms with van der Waals surface area (Å²) in [5, 5.41) is -0.567. The van der Waals surface area contributed by atoms with Gasteiger partial charge in [0, 0.05) is 0 Å². The van der Waals surface area contributed by atoms with Crippen molar-refractivity contribution in [1.82, 2.24) is 0 Å². The summed E-state index contributed by atoms with van der Waals surface area (Å²) in [5.41, 5.74) is 0.293. The Kier molecular flexibility index (Phi) is 3.08. The zero-order valence-electron chi connectivity index (χ0n) is 6.41. The summed E-state index contributed by atoms with van der Waals surface area (Å²) in [6, 6.07) is 6.57. The van der Waals surface area contributed by atoms with Gasteiger partial charge in [0.05, 0.1) is 12.7 Å². The van der Waals surface area contributed by atoms with E-state index in [1.54, 1.807) is 24.3 Å². The molecule has 0 heterocycles. The van der Waals surface area contributed by atoms with E-state index >= 15 is 0 Å². The Morgan fingerprint density at radius 1 is 1.42 bits per heavy atom. The van der Waals surface area contributed by atoms with Crippen molar-refractivity contribution >= 4 is 16.8 Å². The highest BCUT2D eigenvalue weighted by Gasteiger charge is 2.08. The number of hydrogen-bond acceptors (Lipinski definition) is 3. The van der Waals surface area contributed by atoms with Crippen LogP contribution in [0.15, 0.2) is 24.3 Å². The summed E-state index contributed by atoms with van der Waals surface area (Å²) in [7, 11) is 1.36. The second-order valence-electron chi connectivity index (χ2n) is 2.02. The molecule has 0 spiro atoms. The van der Waals surface area contributed by atoms with Gasteiger partial charge in [-0.2, -0.15) is 4.89 Å². The van der Waals surface area contributed by atoms with E-state index in [2.05, 4.69) is 4.89 Å². The molecule has 1 aromatic rings. The van der Waals surface area contributed by atoms with Gasteiger partial charge in [-0.1, -0.05) is 12.1 Å². The van der Waals surface area contributed by atoms with Crippen molar-refractivity contribution in [2.24, 2.45) is 0 Å². The fourth-order valence-electron chi connectivity index (χ4n) is 0.791. The molecule has 4 heteroatoms. The number of para-hydroxylation sites is 1. The van der Waals surface area contributed by atoms with E-state index in [9.17, 15) is 4.79 Å². The molecule has 0 aliphatic rings. The van der Waals surface area contributed by atoms with Gasteiger partial charge in [0.1, 0.15) is 0 Å². The topological polar surface area (TPSA) is 35.5 Å². The van der Waals surface area contributed by atoms with E-state index in [0.717, 1.165) is 0 Å². The minimum atomic E-state index is -0.567. The number of carbonyl (C=O) groups excluding carboxylic acids is 1. The molecule has 0 aromatic heterocycles. The van der Waals surface area contributed by atoms with Gasteiger partial charge in [-0.3, -0.25) is 4.79 Å². The predicted molar refractivity (Wildman–Crippen MR) is 44.3 cm³/mol. The molecule has 0 unspecified atom stereocenters. The molecule has 0 saturated heterocycles. The van der Waals surface area contributed by atoms with Gasteiger partial charge in [0.15, 0.2) is 5.75 Å². The molecule has 0 amide bonds. The molecule has 1 aromatic carbocycles. The van der Waals surface area contributed by atoms with Gasteiger partial charge < -0.3 is 4.89 Å². The standard InChI is InChI=1S/C8H7ClO3/c1-11-12-7-5-3-2-4-6(7)8(9)10/h2-5H,1H3. The molecule has 3 nitrogen and oxygen atoms in total. The third-order valence-corrected chi connectivity index (χ3v) is 1.48. The lowest BCUT2D eigenvalue weighted by Crippen LogP contribution is -1.97. The van der Waals surface area contributed by atoms with Gasteiger partial charge >= 0.3 is 0 Å². The van der Waals surface area contributed by atoms with E-state index in [0.29, 0.717) is 11.3 Å². The molecule has 1 rings (SSSR count). The number of benzene rings is 1. The first-order chi connectivity index (χ1) is 5.75. The molecular weight excluding hydrogens is 180 g/mol. The largest absolute Gasteiger partial charge is 0.337 e. The second kappa shape index (κ2) is 4.09. The van der Waals surface area contributed by atoms with Gasteiger partial charge in [-0.15, -0.1) is 0 Å². The molecule has 64 valence electrons. The Balaban J connectivity index is 3.00. The molecule has 0 saturated carbocycles. The maximum absolute atomic E-state index is 10.8. The SMILES string of the molecule is COOc1ccccc1C(=O)Cl. The lowest BCUT2D eigenvalue weighted by Gasteiger charge is -2.03. The number of hydrogen-bond donors (Lipinski definition) is 0. The van der Waals surface area contributed by atoms with Crippen LogP contribution in [0.3, 0.4) is 0 Å². The summed E-state index contributed by atoms with van der Waals surface area (Å²) >= 11 is 5.27. The van der Waals surface area contributed by atoms with E-state index in [1.165, 1.54) is 7.11 Å². The first-order valence-electron chi connectivity index (χ1n) is 3.25. The highest BCUT2D eigenvalue weighted by Crippen LogP contribution is 2.19. The average molecular weight is 187 g/mol. The van der Waals surface area contributed by atoms with Crippen LogP contribution in [0.1, 0.15) is 10.4 Å². The summed E-state index contributed by atoms with van der Waals surface area (Å²) in [6.45, 7) is 0. The van der Waals surface area contributed by atoms with Crippen LogP contribution in [0.5, 0.6) is 5.75 Å². The van der Waals surface area contributed by atoms with Crippen LogP contribution in [0, 0.1) is 0 Å². The minimum Gasteiger partial charge on any atom is -0.337 e. The number of rotatable bonds is 3. The van der Waals surface area contributed by atoms with Crippen LogP contribution in [0.2, 0.25) is 0 Å². The van der Waals surface area contributed by atoms with E-state index in [-0.39, 0.29) is 0 Å². The molecule has 0 aliphatic carbocycles. The van der Waals surface area contributed by atoms with Crippen molar-refractivity contribution in [3.63, 3.8) is 0 Å². The Labute approximate surface area is 74.8 Å². The maximum atomic E-state index is 10.8. The van der Waals surface area contributed by atoms with Crippen molar-refractivity contribution in [2.45, 2.75) is 0 Å². The van der Waals surface area contributed by atoms with Gasteiger partial charge in [-0.25, -0.2) is 0 Å². The molecule has 0 aliphatic heterocycles. The molecule has 0 radical (unpaired) electrons. The lowest BCUT2D eigenvalue weighted by atomic mass is 10.2. The number of halogens is 1. The highest BCUT2D eigenvalue weighted by atomic mass is 35.5. The fraction of sp³-hybridized carbons (Fsp3) is 0.125. The fourth-order valence-corrected chi connectivity index (χ4v) is 0.948. The third-order valence-electron chi connectivity index (χ3n) is 1.27. The van der Waals surface area contributed by atoms with Gasteiger partial charge in [0.25, 0.3) is 5.24 Å². The van der Waals surface area contributed by atoms with E-state index in [1.807, 2.05) is 0 Å². The van der Waals surface area contributed by atoms with Crippen LogP contribution in [-0.2, 0) is 4.89 Å². The van der Waals surface area contributed by atoms with Crippen LogP contribution < -0.4 is 4.89 Å². The Bertz CT molecular complexity index is 285. The Hall–Kier alpha value is -1.06. The monoisotopic (exact) mass is 186 g/mol. The summed E-state index contributed by atoms with van der Waals surface area (Å²) < 4.78 is 0. The molecule has 0 atom stereocenters. The van der Waals surface area contributed by atoms with Crippen molar-refractivity contribution in [3.8, 4) is 5.75 Å².